The first-order valence-corrected chi connectivity index (χ1v) is 7.94. The van der Waals surface area contributed by atoms with Crippen molar-refractivity contribution in [1.82, 2.24) is 0 Å². The fourth-order valence-electron chi connectivity index (χ4n) is 3.14. The summed E-state index contributed by atoms with van der Waals surface area (Å²) in [5.74, 6) is 0.775. The molecule has 0 bridgehead atoms. The van der Waals surface area contributed by atoms with Crippen molar-refractivity contribution in [1.29, 1.82) is 0 Å². The SMILES string of the molecule is Nc1cc(Cl)ccc1N1CCC(Cc2ccccc2)CC1. The Morgan fingerprint density at radius 1 is 1.05 bits per heavy atom. The lowest BCUT2D eigenvalue weighted by Crippen LogP contribution is -2.34. The third-order valence-electron chi connectivity index (χ3n) is 4.31. The van der Waals surface area contributed by atoms with Crippen LogP contribution in [-0.2, 0) is 6.42 Å². The zero-order valence-electron chi connectivity index (χ0n) is 12.1. The molecule has 1 heterocycles. The predicted octanol–water partition coefficient (Wildman–Crippen LogP) is 4.38. The quantitative estimate of drug-likeness (QED) is 0.852. The second kappa shape index (κ2) is 6.40. The van der Waals surface area contributed by atoms with Gasteiger partial charge in [0.1, 0.15) is 0 Å². The van der Waals surface area contributed by atoms with E-state index in [1.807, 2.05) is 18.2 Å². The van der Waals surface area contributed by atoms with E-state index < -0.39 is 0 Å². The van der Waals surface area contributed by atoms with Gasteiger partial charge in [0.15, 0.2) is 0 Å². The summed E-state index contributed by atoms with van der Waals surface area (Å²) in [5.41, 5.74) is 9.43. The van der Waals surface area contributed by atoms with Crippen LogP contribution < -0.4 is 10.6 Å². The van der Waals surface area contributed by atoms with Crippen molar-refractivity contribution in [3.63, 3.8) is 0 Å². The number of halogens is 1. The highest BCUT2D eigenvalue weighted by atomic mass is 35.5. The van der Waals surface area contributed by atoms with Gasteiger partial charge in [-0.25, -0.2) is 0 Å². The molecule has 0 spiro atoms. The van der Waals surface area contributed by atoms with E-state index in [-0.39, 0.29) is 0 Å². The molecular formula is C18H21ClN2. The smallest absolute Gasteiger partial charge is 0.0600 e. The van der Waals surface area contributed by atoms with Gasteiger partial charge >= 0.3 is 0 Å². The summed E-state index contributed by atoms with van der Waals surface area (Å²) in [6.07, 6.45) is 3.62. The zero-order valence-corrected chi connectivity index (χ0v) is 12.9. The Hall–Kier alpha value is -1.67. The lowest BCUT2D eigenvalue weighted by Gasteiger charge is -2.34. The molecule has 0 amide bonds. The minimum atomic E-state index is 0.704. The van der Waals surface area contributed by atoms with E-state index in [1.54, 1.807) is 0 Å². The number of rotatable bonds is 3. The maximum atomic E-state index is 6.08. The lowest BCUT2D eigenvalue weighted by atomic mass is 9.90. The normalized spacial score (nSPS) is 16.1. The molecule has 2 aromatic rings. The van der Waals surface area contributed by atoms with Crippen molar-refractivity contribution in [2.24, 2.45) is 5.92 Å². The number of benzene rings is 2. The van der Waals surface area contributed by atoms with Gasteiger partial charge in [-0.2, -0.15) is 0 Å². The van der Waals surface area contributed by atoms with Gasteiger partial charge in [0, 0.05) is 18.1 Å². The van der Waals surface area contributed by atoms with Gasteiger partial charge in [0.2, 0.25) is 0 Å². The predicted molar refractivity (Wildman–Crippen MR) is 90.9 cm³/mol. The van der Waals surface area contributed by atoms with Crippen molar-refractivity contribution in [2.45, 2.75) is 19.3 Å². The fraction of sp³-hybridized carbons (Fsp3) is 0.333. The summed E-state index contributed by atoms with van der Waals surface area (Å²) in [5, 5.41) is 0.704. The Morgan fingerprint density at radius 3 is 2.43 bits per heavy atom. The van der Waals surface area contributed by atoms with Crippen LogP contribution in [0, 0.1) is 5.92 Å². The second-order valence-corrected chi connectivity index (χ2v) is 6.26. The Bertz CT molecular complexity index is 589. The molecule has 0 aromatic heterocycles. The number of nitrogens with two attached hydrogens (primary N) is 1. The molecule has 0 radical (unpaired) electrons. The van der Waals surface area contributed by atoms with Gasteiger partial charge in [0.25, 0.3) is 0 Å². The number of hydrogen-bond acceptors (Lipinski definition) is 2. The molecule has 1 aliphatic rings. The second-order valence-electron chi connectivity index (χ2n) is 5.82. The molecule has 0 atom stereocenters. The molecule has 1 fully saturated rings. The van der Waals surface area contributed by atoms with Crippen LogP contribution in [0.5, 0.6) is 0 Å². The van der Waals surface area contributed by atoms with Crippen LogP contribution in [0.1, 0.15) is 18.4 Å². The summed E-state index contributed by atoms with van der Waals surface area (Å²) >= 11 is 5.97. The molecule has 1 aliphatic heterocycles. The number of piperidine rings is 1. The summed E-state index contributed by atoms with van der Waals surface area (Å²) in [6.45, 7) is 2.15. The standard InChI is InChI=1S/C18H21ClN2/c19-16-6-7-18(17(20)13-16)21-10-8-15(9-11-21)12-14-4-2-1-3-5-14/h1-7,13,15H,8-12,20H2. The van der Waals surface area contributed by atoms with E-state index >= 15 is 0 Å². The Kier molecular flexibility index (Phi) is 4.35. The van der Waals surface area contributed by atoms with Gasteiger partial charge in [-0.1, -0.05) is 41.9 Å². The molecule has 0 unspecified atom stereocenters. The summed E-state index contributed by atoms with van der Waals surface area (Å²) in [4.78, 5) is 2.38. The van der Waals surface area contributed by atoms with Gasteiger partial charge in [-0.3, -0.25) is 0 Å². The van der Waals surface area contributed by atoms with E-state index in [1.165, 1.54) is 24.8 Å². The topological polar surface area (TPSA) is 29.3 Å². The van der Waals surface area contributed by atoms with Crippen molar-refractivity contribution in [3.05, 3.63) is 59.1 Å². The zero-order chi connectivity index (χ0) is 14.7. The molecule has 3 heteroatoms. The molecular weight excluding hydrogens is 280 g/mol. The maximum Gasteiger partial charge on any atom is 0.0600 e. The number of hydrogen-bond donors (Lipinski definition) is 1. The van der Waals surface area contributed by atoms with Crippen LogP contribution in [-0.4, -0.2) is 13.1 Å². The van der Waals surface area contributed by atoms with E-state index in [9.17, 15) is 0 Å². The number of anilines is 2. The van der Waals surface area contributed by atoms with Crippen LogP contribution in [0.3, 0.4) is 0 Å². The van der Waals surface area contributed by atoms with E-state index in [0.29, 0.717) is 5.02 Å². The van der Waals surface area contributed by atoms with Crippen molar-refractivity contribution < 1.29 is 0 Å². The molecule has 2 N–H and O–H groups in total. The fourth-order valence-corrected chi connectivity index (χ4v) is 3.32. The molecule has 2 aromatic carbocycles. The Labute approximate surface area is 131 Å². The van der Waals surface area contributed by atoms with Gasteiger partial charge in [0.05, 0.1) is 11.4 Å². The molecule has 21 heavy (non-hydrogen) atoms. The highest BCUT2D eigenvalue weighted by Crippen LogP contribution is 2.31. The van der Waals surface area contributed by atoms with Crippen LogP contribution >= 0.6 is 11.6 Å². The van der Waals surface area contributed by atoms with E-state index in [2.05, 4.69) is 35.2 Å². The van der Waals surface area contributed by atoms with Crippen molar-refractivity contribution >= 4 is 23.0 Å². The van der Waals surface area contributed by atoms with Gasteiger partial charge in [-0.05, 0) is 48.9 Å². The highest BCUT2D eigenvalue weighted by Gasteiger charge is 2.20. The Morgan fingerprint density at radius 2 is 1.76 bits per heavy atom. The minimum absolute atomic E-state index is 0.704. The molecule has 2 nitrogen and oxygen atoms in total. The van der Waals surface area contributed by atoms with Gasteiger partial charge in [-0.15, -0.1) is 0 Å². The lowest BCUT2D eigenvalue weighted by molar-refractivity contribution is 0.404. The number of nitrogens with zero attached hydrogens (tertiary/aromatic N) is 1. The summed E-state index contributed by atoms with van der Waals surface area (Å²) in [6, 6.07) is 16.6. The van der Waals surface area contributed by atoms with Gasteiger partial charge < -0.3 is 10.6 Å². The minimum Gasteiger partial charge on any atom is -0.397 e. The molecule has 0 saturated carbocycles. The third kappa shape index (κ3) is 3.51. The Balaban J connectivity index is 1.60. The van der Waals surface area contributed by atoms with Crippen molar-refractivity contribution in [3.8, 4) is 0 Å². The summed E-state index contributed by atoms with van der Waals surface area (Å²) in [7, 11) is 0. The maximum absolute atomic E-state index is 6.08. The molecule has 1 saturated heterocycles. The average Bonchev–Trinajstić information content (AvgIpc) is 2.49. The monoisotopic (exact) mass is 300 g/mol. The first-order chi connectivity index (χ1) is 10.2. The number of nitrogen functional groups attached to an aromatic ring is 1. The molecule has 3 rings (SSSR count). The highest BCUT2D eigenvalue weighted by molar-refractivity contribution is 6.31. The van der Waals surface area contributed by atoms with Crippen LogP contribution in [0.4, 0.5) is 11.4 Å². The van der Waals surface area contributed by atoms with Crippen molar-refractivity contribution in [2.75, 3.05) is 23.7 Å². The molecule has 110 valence electrons. The van der Waals surface area contributed by atoms with Crippen LogP contribution in [0.15, 0.2) is 48.5 Å². The largest absolute Gasteiger partial charge is 0.397 e. The first-order valence-electron chi connectivity index (χ1n) is 7.56. The summed E-state index contributed by atoms with van der Waals surface area (Å²) < 4.78 is 0. The van der Waals surface area contributed by atoms with Crippen LogP contribution in [0.2, 0.25) is 5.02 Å². The first kappa shape index (κ1) is 14.3. The molecule has 0 aliphatic carbocycles. The average molecular weight is 301 g/mol. The van der Waals surface area contributed by atoms with E-state index in [0.717, 1.165) is 30.4 Å². The third-order valence-corrected chi connectivity index (χ3v) is 4.55. The van der Waals surface area contributed by atoms with E-state index in [4.69, 9.17) is 17.3 Å². The van der Waals surface area contributed by atoms with Crippen LogP contribution in [0.25, 0.3) is 0 Å².